The molecule has 1 aromatic heterocycles. The van der Waals surface area contributed by atoms with E-state index in [0.29, 0.717) is 59.7 Å². The second-order valence-corrected chi connectivity index (χ2v) is 9.42. The summed E-state index contributed by atoms with van der Waals surface area (Å²) in [7, 11) is 0. The lowest BCUT2D eigenvalue weighted by Gasteiger charge is -2.34. The third kappa shape index (κ3) is 5.54. The van der Waals surface area contributed by atoms with Crippen LogP contribution in [0.4, 0.5) is 0 Å². The average molecular weight is 484 g/mol. The van der Waals surface area contributed by atoms with Gasteiger partial charge < -0.3 is 14.5 Å². The normalized spacial score (nSPS) is 13.8. The maximum absolute atomic E-state index is 13.1. The summed E-state index contributed by atoms with van der Waals surface area (Å²) in [4.78, 5) is 34.7. The Balaban J connectivity index is 1.33. The number of carbonyl (C=O) groups is 2. The SMILES string of the molecule is CCc1ccc(C(=O)N2CCN(C(=O)c3sc(COc4ccc(Cl)cc4)nc3C)CC2)cc1. The minimum Gasteiger partial charge on any atom is -0.486 e. The van der Waals surface area contributed by atoms with Gasteiger partial charge in [-0.15, -0.1) is 11.3 Å². The van der Waals surface area contributed by atoms with E-state index in [9.17, 15) is 9.59 Å². The molecular formula is C25H26ClN3O3S. The molecule has 6 nitrogen and oxygen atoms in total. The van der Waals surface area contributed by atoms with Gasteiger partial charge in [0.15, 0.2) is 0 Å². The van der Waals surface area contributed by atoms with Gasteiger partial charge in [-0.1, -0.05) is 30.7 Å². The summed E-state index contributed by atoms with van der Waals surface area (Å²) in [6.07, 6.45) is 0.946. The van der Waals surface area contributed by atoms with Gasteiger partial charge in [0.25, 0.3) is 11.8 Å². The molecule has 0 unspecified atom stereocenters. The number of nitrogens with zero attached hydrogens (tertiary/aromatic N) is 3. The molecule has 8 heteroatoms. The molecule has 1 aliphatic rings. The minimum absolute atomic E-state index is 0.0142. The van der Waals surface area contributed by atoms with Crippen LogP contribution >= 0.6 is 22.9 Å². The first-order valence-electron chi connectivity index (χ1n) is 11.0. The average Bonchev–Trinajstić information content (AvgIpc) is 3.23. The molecule has 0 radical (unpaired) electrons. The van der Waals surface area contributed by atoms with E-state index in [0.717, 1.165) is 11.4 Å². The van der Waals surface area contributed by atoms with Gasteiger partial charge in [0, 0.05) is 36.8 Å². The van der Waals surface area contributed by atoms with Crippen molar-refractivity contribution >= 4 is 34.8 Å². The molecule has 0 bridgehead atoms. The Morgan fingerprint density at radius 2 is 1.58 bits per heavy atom. The third-order valence-electron chi connectivity index (χ3n) is 5.67. The molecule has 3 aromatic rings. The first-order valence-corrected chi connectivity index (χ1v) is 12.2. The van der Waals surface area contributed by atoms with Crippen molar-refractivity contribution in [3.05, 3.63) is 80.3 Å². The first kappa shape index (κ1) is 23.3. The fourth-order valence-corrected chi connectivity index (χ4v) is 4.78. The molecule has 1 fully saturated rings. The number of piperazine rings is 1. The van der Waals surface area contributed by atoms with Crippen LogP contribution in [-0.2, 0) is 13.0 Å². The van der Waals surface area contributed by atoms with Crippen molar-refractivity contribution in [2.24, 2.45) is 0 Å². The summed E-state index contributed by atoms with van der Waals surface area (Å²) in [5, 5.41) is 1.40. The van der Waals surface area contributed by atoms with Gasteiger partial charge in [0.1, 0.15) is 22.2 Å². The number of halogens is 1. The highest BCUT2D eigenvalue weighted by atomic mass is 35.5. The molecule has 1 saturated heterocycles. The summed E-state index contributed by atoms with van der Waals surface area (Å²) in [5.74, 6) is 0.674. The van der Waals surface area contributed by atoms with Gasteiger partial charge >= 0.3 is 0 Å². The summed E-state index contributed by atoms with van der Waals surface area (Å²) < 4.78 is 5.76. The molecule has 0 aliphatic carbocycles. The highest BCUT2D eigenvalue weighted by Crippen LogP contribution is 2.23. The van der Waals surface area contributed by atoms with Crippen molar-refractivity contribution in [2.75, 3.05) is 26.2 Å². The molecule has 0 saturated carbocycles. The van der Waals surface area contributed by atoms with Gasteiger partial charge in [-0.05, 0) is 55.3 Å². The number of carbonyl (C=O) groups excluding carboxylic acids is 2. The second kappa shape index (κ2) is 10.4. The summed E-state index contributed by atoms with van der Waals surface area (Å²) in [6, 6.07) is 14.9. The summed E-state index contributed by atoms with van der Waals surface area (Å²) in [6.45, 7) is 6.27. The number of ether oxygens (including phenoxy) is 1. The standard InChI is InChI=1S/C25H26ClN3O3S/c1-3-18-4-6-19(7-5-18)24(30)28-12-14-29(15-13-28)25(31)23-17(2)27-22(33-23)16-32-21-10-8-20(26)9-11-21/h4-11H,3,12-16H2,1-2H3. The number of benzene rings is 2. The Morgan fingerprint density at radius 3 is 2.18 bits per heavy atom. The Hall–Kier alpha value is -2.90. The van der Waals surface area contributed by atoms with Crippen molar-refractivity contribution < 1.29 is 14.3 Å². The summed E-state index contributed by atoms with van der Waals surface area (Å²) >= 11 is 7.26. The van der Waals surface area contributed by atoms with Gasteiger partial charge in [-0.25, -0.2) is 4.98 Å². The molecule has 4 rings (SSSR count). The number of hydrogen-bond acceptors (Lipinski definition) is 5. The van der Waals surface area contributed by atoms with Crippen molar-refractivity contribution in [3.8, 4) is 5.75 Å². The summed E-state index contributed by atoms with van der Waals surface area (Å²) in [5.41, 5.74) is 2.60. The van der Waals surface area contributed by atoms with Crippen LogP contribution in [0.3, 0.4) is 0 Å². The zero-order chi connectivity index (χ0) is 23.4. The van der Waals surface area contributed by atoms with Crippen molar-refractivity contribution in [3.63, 3.8) is 0 Å². The van der Waals surface area contributed by atoms with Crippen LogP contribution in [0, 0.1) is 6.92 Å². The van der Waals surface area contributed by atoms with E-state index in [1.165, 1.54) is 16.9 Å². The van der Waals surface area contributed by atoms with Gasteiger partial charge in [0.05, 0.1) is 5.69 Å². The van der Waals surface area contributed by atoms with Crippen LogP contribution in [0.15, 0.2) is 48.5 Å². The van der Waals surface area contributed by atoms with Crippen molar-refractivity contribution in [2.45, 2.75) is 26.9 Å². The molecule has 0 spiro atoms. The fraction of sp³-hybridized carbons (Fsp3) is 0.320. The van der Waals surface area contributed by atoms with E-state index in [4.69, 9.17) is 16.3 Å². The Bertz CT molecular complexity index is 1120. The lowest BCUT2D eigenvalue weighted by Crippen LogP contribution is -2.50. The molecule has 2 heterocycles. The van der Waals surface area contributed by atoms with Crippen LogP contribution in [-0.4, -0.2) is 52.8 Å². The van der Waals surface area contributed by atoms with Crippen molar-refractivity contribution in [1.82, 2.24) is 14.8 Å². The Kier molecular flexibility index (Phi) is 7.30. The number of aromatic nitrogens is 1. The Morgan fingerprint density at radius 1 is 0.970 bits per heavy atom. The molecule has 1 aliphatic heterocycles. The molecule has 2 amide bonds. The Labute approximate surface area is 202 Å². The third-order valence-corrected chi connectivity index (χ3v) is 7.05. The molecular weight excluding hydrogens is 458 g/mol. The van der Waals surface area contributed by atoms with E-state index >= 15 is 0 Å². The maximum atomic E-state index is 13.1. The second-order valence-electron chi connectivity index (χ2n) is 7.90. The van der Waals surface area contributed by atoms with E-state index in [-0.39, 0.29) is 11.8 Å². The largest absolute Gasteiger partial charge is 0.486 e. The number of aryl methyl sites for hydroxylation is 2. The highest BCUT2D eigenvalue weighted by Gasteiger charge is 2.27. The van der Waals surface area contributed by atoms with E-state index < -0.39 is 0 Å². The lowest BCUT2D eigenvalue weighted by atomic mass is 10.1. The topological polar surface area (TPSA) is 62.7 Å². The number of thiazole rings is 1. The molecule has 33 heavy (non-hydrogen) atoms. The predicted molar refractivity (Wildman–Crippen MR) is 130 cm³/mol. The predicted octanol–water partition coefficient (Wildman–Crippen LogP) is 4.84. The molecule has 172 valence electrons. The van der Waals surface area contributed by atoms with Crippen LogP contribution in [0.5, 0.6) is 5.75 Å². The van der Waals surface area contributed by atoms with Gasteiger partial charge in [-0.3, -0.25) is 9.59 Å². The highest BCUT2D eigenvalue weighted by molar-refractivity contribution is 7.13. The van der Waals surface area contributed by atoms with E-state index in [1.54, 1.807) is 29.2 Å². The smallest absolute Gasteiger partial charge is 0.265 e. The quantitative estimate of drug-likeness (QED) is 0.503. The fourth-order valence-electron chi connectivity index (χ4n) is 3.71. The van der Waals surface area contributed by atoms with E-state index in [1.807, 2.05) is 36.1 Å². The van der Waals surface area contributed by atoms with Crippen LogP contribution in [0.1, 0.15) is 43.2 Å². The first-order chi connectivity index (χ1) is 15.9. The van der Waals surface area contributed by atoms with Gasteiger partial charge in [0.2, 0.25) is 0 Å². The van der Waals surface area contributed by atoms with Crippen molar-refractivity contribution in [1.29, 1.82) is 0 Å². The number of rotatable bonds is 6. The zero-order valence-corrected chi connectivity index (χ0v) is 20.3. The minimum atomic E-state index is -0.0397. The molecule has 0 atom stereocenters. The lowest BCUT2D eigenvalue weighted by molar-refractivity contribution is 0.0537. The monoisotopic (exact) mass is 483 g/mol. The van der Waals surface area contributed by atoms with Gasteiger partial charge in [-0.2, -0.15) is 0 Å². The van der Waals surface area contributed by atoms with E-state index in [2.05, 4.69) is 11.9 Å². The zero-order valence-electron chi connectivity index (χ0n) is 18.7. The molecule has 0 N–H and O–H groups in total. The maximum Gasteiger partial charge on any atom is 0.265 e. The number of hydrogen-bond donors (Lipinski definition) is 0. The molecule has 2 aromatic carbocycles. The van der Waals surface area contributed by atoms with Crippen LogP contribution in [0.25, 0.3) is 0 Å². The number of amides is 2. The van der Waals surface area contributed by atoms with Crippen LogP contribution < -0.4 is 4.74 Å². The van der Waals surface area contributed by atoms with Crippen LogP contribution in [0.2, 0.25) is 5.02 Å².